The second-order valence-electron chi connectivity index (χ2n) is 6.65. The molecule has 0 unspecified atom stereocenters. The second kappa shape index (κ2) is 10.6. The van der Waals surface area contributed by atoms with Crippen LogP contribution in [0.5, 0.6) is 5.75 Å². The maximum Gasteiger partial charge on any atom is 0.243 e. The number of nitrogens with zero attached hydrogens (tertiary/aromatic N) is 5. The molecule has 0 radical (unpaired) electrons. The third-order valence-corrected chi connectivity index (χ3v) is 6.83. The van der Waals surface area contributed by atoms with Crippen molar-refractivity contribution in [3.63, 3.8) is 0 Å². The van der Waals surface area contributed by atoms with Gasteiger partial charge in [0.2, 0.25) is 16.0 Å². The molecule has 3 aromatic rings. The Morgan fingerprint density at radius 1 is 1.21 bits per heavy atom. The lowest BCUT2D eigenvalue weighted by atomic mass is 10.2. The third kappa shape index (κ3) is 5.53. The summed E-state index contributed by atoms with van der Waals surface area (Å²) in [7, 11) is -4.18. The highest BCUT2D eigenvalue weighted by atomic mass is 35.5. The molecule has 3 rings (SSSR count). The van der Waals surface area contributed by atoms with E-state index in [0.29, 0.717) is 5.75 Å². The van der Waals surface area contributed by atoms with Gasteiger partial charge in [-0.05, 0) is 19.1 Å². The number of hydrogen-bond acceptors (Lipinski definition) is 9. The molecule has 33 heavy (non-hydrogen) atoms. The molecule has 0 aliphatic carbocycles. The van der Waals surface area contributed by atoms with Gasteiger partial charge in [-0.15, -0.1) is 10.2 Å². The van der Waals surface area contributed by atoms with Crippen molar-refractivity contribution in [3.05, 3.63) is 52.3 Å². The molecule has 2 aromatic heterocycles. The molecule has 0 fully saturated rings. The zero-order valence-electron chi connectivity index (χ0n) is 20.7. The smallest absolute Gasteiger partial charge is 0.243 e. The van der Waals surface area contributed by atoms with Crippen LogP contribution in [0.3, 0.4) is 0 Å². The van der Waals surface area contributed by atoms with Gasteiger partial charge in [-0.1, -0.05) is 23.2 Å². The highest BCUT2D eigenvalue weighted by molar-refractivity contribution is 7.93. The summed E-state index contributed by atoms with van der Waals surface area (Å²) in [5.41, 5.74) is 0.222. The van der Waals surface area contributed by atoms with E-state index < -0.39 is 35.0 Å². The molecule has 11 nitrogen and oxygen atoms in total. The Labute approximate surface area is 205 Å². The van der Waals surface area contributed by atoms with Crippen LogP contribution in [0, 0.1) is 0 Å². The summed E-state index contributed by atoms with van der Waals surface area (Å²) in [4.78, 5) is 8.09. The Bertz CT molecular complexity index is 1310. The van der Waals surface area contributed by atoms with E-state index in [-0.39, 0.29) is 33.3 Å². The molecule has 0 saturated heterocycles. The van der Waals surface area contributed by atoms with Gasteiger partial charge in [0.25, 0.3) is 0 Å². The molecule has 178 valence electrons. The van der Waals surface area contributed by atoms with E-state index in [0.717, 1.165) is 0 Å². The quantitative estimate of drug-likeness (QED) is 0.429. The topological polar surface area (TPSA) is 130 Å². The van der Waals surface area contributed by atoms with E-state index in [4.69, 9.17) is 41.5 Å². The lowest BCUT2D eigenvalue weighted by Gasteiger charge is -2.22. The number of hydrogen-bond donors (Lipinski definition) is 1. The molecule has 0 saturated carbocycles. The Hall–Kier alpha value is -2.51. The van der Waals surface area contributed by atoms with Crippen molar-refractivity contribution >= 4 is 39.2 Å². The van der Waals surface area contributed by atoms with Crippen LogP contribution in [0.4, 0.5) is 5.95 Å². The SMILES string of the molecule is [2H]C([2H])([2H])OCc1nnc(NS(=O)(=O)[C@@H](C)[C@H](OC)c2ncc(Cl)cn2)n1-c1cc(OC)ccc1Cl. The molecular formula is C19H22Cl2N6O5S. The van der Waals surface area contributed by atoms with Gasteiger partial charge >= 0.3 is 0 Å². The third-order valence-electron chi connectivity index (χ3n) is 4.62. The number of rotatable bonds is 10. The molecule has 1 aromatic carbocycles. The van der Waals surface area contributed by atoms with E-state index in [2.05, 4.69) is 24.9 Å². The number of sulfonamides is 1. The first kappa shape index (κ1) is 21.1. The van der Waals surface area contributed by atoms with Gasteiger partial charge in [-0.25, -0.2) is 18.4 Å². The Morgan fingerprint density at radius 3 is 2.58 bits per heavy atom. The molecular weight excluding hydrogens is 495 g/mol. The van der Waals surface area contributed by atoms with Crippen LogP contribution >= 0.6 is 23.2 Å². The Morgan fingerprint density at radius 2 is 1.94 bits per heavy atom. The van der Waals surface area contributed by atoms with Crippen molar-refractivity contribution < 1.29 is 26.7 Å². The summed E-state index contributed by atoms with van der Waals surface area (Å²) >= 11 is 12.2. The van der Waals surface area contributed by atoms with Gasteiger partial charge in [-0.3, -0.25) is 9.29 Å². The molecule has 0 aliphatic heterocycles. The highest BCUT2D eigenvalue weighted by Crippen LogP contribution is 2.30. The van der Waals surface area contributed by atoms with Crippen LogP contribution in [-0.2, 0) is 26.1 Å². The first-order chi connectivity index (χ1) is 16.9. The highest BCUT2D eigenvalue weighted by Gasteiger charge is 2.34. The number of methoxy groups -OCH3 is 3. The van der Waals surface area contributed by atoms with Gasteiger partial charge in [0, 0.05) is 32.6 Å². The molecule has 2 heterocycles. The molecule has 2 atom stereocenters. The summed E-state index contributed by atoms with van der Waals surface area (Å²) in [6, 6.07) is 4.62. The van der Waals surface area contributed by atoms with Crippen LogP contribution in [0.1, 0.15) is 28.8 Å². The maximum atomic E-state index is 13.3. The van der Waals surface area contributed by atoms with Gasteiger partial charge in [0.15, 0.2) is 11.6 Å². The first-order valence-corrected chi connectivity index (χ1v) is 11.6. The van der Waals surface area contributed by atoms with Crippen molar-refractivity contribution in [1.29, 1.82) is 0 Å². The Kier molecular flexibility index (Phi) is 6.77. The fourth-order valence-electron chi connectivity index (χ4n) is 2.94. The zero-order valence-corrected chi connectivity index (χ0v) is 20.0. The van der Waals surface area contributed by atoms with E-state index >= 15 is 0 Å². The minimum atomic E-state index is -4.21. The van der Waals surface area contributed by atoms with Gasteiger partial charge in [0.05, 0.1) is 27.0 Å². The average Bonchev–Trinajstić information content (AvgIpc) is 3.20. The minimum Gasteiger partial charge on any atom is -0.497 e. The maximum absolute atomic E-state index is 13.3. The lowest BCUT2D eigenvalue weighted by molar-refractivity contribution is 0.0950. The number of halogens is 2. The van der Waals surface area contributed by atoms with E-state index in [9.17, 15) is 8.42 Å². The van der Waals surface area contributed by atoms with Gasteiger partial charge in [0.1, 0.15) is 23.7 Å². The molecule has 0 aliphatic rings. The zero-order chi connectivity index (χ0) is 26.7. The van der Waals surface area contributed by atoms with Gasteiger partial charge < -0.3 is 14.2 Å². The van der Waals surface area contributed by atoms with Crippen LogP contribution in [-0.4, -0.2) is 59.7 Å². The van der Waals surface area contributed by atoms with Crippen molar-refractivity contribution in [2.24, 2.45) is 0 Å². The van der Waals surface area contributed by atoms with E-state index in [1.807, 2.05) is 0 Å². The van der Waals surface area contributed by atoms with E-state index in [1.54, 1.807) is 6.07 Å². The largest absolute Gasteiger partial charge is 0.497 e. The number of anilines is 1. The molecule has 1 N–H and O–H groups in total. The predicted octanol–water partition coefficient (Wildman–Crippen LogP) is 3.04. The number of aromatic nitrogens is 5. The fourth-order valence-corrected chi connectivity index (χ4v) is 4.37. The van der Waals surface area contributed by atoms with Crippen molar-refractivity contribution in [2.45, 2.75) is 24.9 Å². The molecule has 0 bridgehead atoms. The molecule has 14 heteroatoms. The number of nitrogens with one attached hydrogen (secondary N) is 1. The minimum absolute atomic E-state index is 0.0315. The summed E-state index contributed by atoms with van der Waals surface area (Å²) in [6.07, 6.45) is 1.58. The summed E-state index contributed by atoms with van der Waals surface area (Å²) in [5, 5.41) is 7.05. The molecule has 0 amide bonds. The standard InChI is InChI=1S/C19H22Cl2N6O5S/c1-11(17(32-4)18-22-8-12(20)9-23-18)33(28,29)26-19-25-24-16(10-30-2)27(19)15-7-13(31-3)5-6-14(15)21/h5-9,11,17H,10H2,1-4H3,(H,25,26)/t11-,17-/m0/s1/i2D3. The van der Waals surface area contributed by atoms with Crippen LogP contribution < -0.4 is 9.46 Å². The monoisotopic (exact) mass is 519 g/mol. The van der Waals surface area contributed by atoms with Crippen molar-refractivity contribution in [2.75, 3.05) is 26.0 Å². The van der Waals surface area contributed by atoms with Crippen molar-refractivity contribution in [1.82, 2.24) is 24.7 Å². The van der Waals surface area contributed by atoms with Gasteiger partial charge in [-0.2, -0.15) is 0 Å². The Balaban J connectivity index is 2.03. The summed E-state index contributed by atoms with van der Waals surface area (Å²) < 4.78 is 67.6. The predicted molar refractivity (Wildman–Crippen MR) is 122 cm³/mol. The van der Waals surface area contributed by atoms with Crippen LogP contribution in [0.15, 0.2) is 30.6 Å². The normalized spacial score (nSPS) is 15.2. The average molecular weight is 520 g/mol. The number of benzene rings is 1. The second-order valence-corrected chi connectivity index (χ2v) is 9.53. The van der Waals surface area contributed by atoms with Crippen LogP contribution in [0.25, 0.3) is 5.69 Å². The number of ether oxygens (including phenoxy) is 3. The molecule has 0 spiro atoms. The first-order valence-electron chi connectivity index (χ1n) is 10.8. The fraction of sp³-hybridized carbons (Fsp3) is 0.368. The summed E-state index contributed by atoms with van der Waals surface area (Å²) in [5.74, 6) is 0.195. The van der Waals surface area contributed by atoms with Crippen molar-refractivity contribution in [3.8, 4) is 11.4 Å². The van der Waals surface area contributed by atoms with Crippen LogP contribution in [0.2, 0.25) is 10.0 Å². The summed E-state index contributed by atoms with van der Waals surface area (Å²) in [6.45, 7) is 0.875. The van der Waals surface area contributed by atoms with E-state index in [1.165, 1.54) is 50.2 Å². The lowest BCUT2D eigenvalue weighted by Crippen LogP contribution is -2.33.